The van der Waals surface area contributed by atoms with Gasteiger partial charge >= 0.3 is 0 Å². The van der Waals surface area contributed by atoms with Crippen LogP contribution in [-0.4, -0.2) is 14.1 Å². The molecule has 78 heavy (non-hydrogen) atoms. The van der Waals surface area contributed by atoms with Gasteiger partial charge in [-0.25, -0.2) is 4.98 Å². The van der Waals surface area contributed by atoms with Crippen molar-refractivity contribution < 1.29 is 38.1 Å². The fourth-order valence-corrected chi connectivity index (χ4v) is 11.2. The number of nitrogens with zero attached hydrogens (tertiary/aromatic N) is 4. The first-order valence-electron chi connectivity index (χ1n) is 30.6. The summed E-state index contributed by atoms with van der Waals surface area (Å²) in [6.07, 6.45) is 1.86. The molecule has 0 N–H and O–H groups in total. The van der Waals surface area contributed by atoms with Crippen molar-refractivity contribution in [1.29, 1.82) is 0 Å². The zero-order valence-corrected chi connectivity index (χ0v) is 46.4. The fourth-order valence-electron chi connectivity index (χ4n) is 11.2. The van der Waals surface area contributed by atoms with Gasteiger partial charge in [-0.05, 0) is 141 Å². The Bertz CT molecular complexity index is 4740. The van der Waals surface area contributed by atoms with Crippen LogP contribution in [0.5, 0.6) is 11.5 Å². The maximum Gasteiger partial charge on any atom is 0.135 e. The summed E-state index contributed by atoms with van der Waals surface area (Å²) in [5.41, 5.74) is 5.30. The second-order valence-electron chi connectivity index (χ2n) is 22.3. The largest absolute Gasteiger partial charge is 0.509 e. The molecular weight excluding hydrogens is 1130 g/mol. The first kappa shape index (κ1) is 41.0. The molecule has 0 unspecified atom stereocenters. The van der Waals surface area contributed by atoms with Crippen LogP contribution in [0, 0.1) is 18.8 Å². The minimum Gasteiger partial charge on any atom is -0.509 e. The van der Waals surface area contributed by atoms with Gasteiger partial charge in [-0.15, -0.1) is 35.7 Å². The molecule has 0 saturated carbocycles. The van der Waals surface area contributed by atoms with Gasteiger partial charge in [0, 0.05) is 62.3 Å². The van der Waals surface area contributed by atoms with Crippen LogP contribution in [0.2, 0.25) is 0 Å². The van der Waals surface area contributed by atoms with E-state index in [4.69, 9.17) is 22.1 Å². The number of hydrogen-bond donors (Lipinski definition) is 0. The summed E-state index contributed by atoms with van der Waals surface area (Å²) in [6.45, 7) is 3.97. The van der Waals surface area contributed by atoms with Crippen molar-refractivity contribution in [3.05, 3.63) is 236 Å². The fraction of sp³-hybridized carbons (Fsp3) is 0.167. The van der Waals surface area contributed by atoms with Crippen molar-refractivity contribution in [1.82, 2.24) is 14.1 Å². The number of anilines is 2. The second-order valence-corrected chi connectivity index (χ2v) is 22.3. The minimum absolute atomic E-state index is 0. The van der Waals surface area contributed by atoms with Crippen molar-refractivity contribution >= 4 is 76.5 Å². The molecule has 1 aliphatic rings. The maximum absolute atomic E-state index is 8.86. The molecule has 0 spiro atoms. The Hall–Kier alpha value is -8.11. The van der Waals surface area contributed by atoms with Crippen LogP contribution >= 0.6 is 0 Å². The van der Waals surface area contributed by atoms with Crippen molar-refractivity contribution in [2.45, 2.75) is 78.3 Å². The van der Waals surface area contributed by atoms with Gasteiger partial charge in [0.25, 0.3) is 0 Å². The molecule has 0 amide bonds. The molecule has 0 aliphatic carbocycles. The molecule has 13 rings (SSSR count). The normalized spacial score (nSPS) is 14.8. The smallest absolute Gasteiger partial charge is 0.135 e. The summed E-state index contributed by atoms with van der Waals surface area (Å²) in [7, 11) is 0. The Morgan fingerprint density at radius 1 is 0.474 bits per heavy atom. The van der Waals surface area contributed by atoms with Gasteiger partial charge in [-0.1, -0.05) is 207 Å². The zero-order valence-electron chi connectivity index (χ0n) is 53.1. The molecule has 12 aromatic rings. The SMILES string of the molecule is [2H]C([2H])([2H])C(c1cc(-c2cccc3c4ccccc4c4ccc(-c5ccccc5)cc4c4cccc5c4n(c23)[CH-]N5c2[c-]c(Oc3[c-]c4c(cc3)c3ccccc3n4-c3cc(C(C)(C)C)ccn3)ccc2)cc(C(C)(C)C)c1)(C([2H])([2H])[2H])C([2H])([2H])[2H].[Pt]. The quantitative estimate of drug-likeness (QED) is 0.156. The summed E-state index contributed by atoms with van der Waals surface area (Å²) >= 11 is 0. The third-order valence-corrected chi connectivity index (χ3v) is 15.1. The molecule has 0 saturated heterocycles. The summed E-state index contributed by atoms with van der Waals surface area (Å²) in [5, 5.41) is 7.64. The predicted octanol–water partition coefficient (Wildman–Crippen LogP) is 19.5. The average Bonchev–Trinajstić information content (AvgIpc) is 1.28. The van der Waals surface area contributed by atoms with Gasteiger partial charge in [0.2, 0.25) is 0 Å². The summed E-state index contributed by atoms with van der Waals surface area (Å²) in [5.74, 6) is 1.71. The number of ether oxygens (including phenoxy) is 1. The molecule has 0 bridgehead atoms. The van der Waals surface area contributed by atoms with Gasteiger partial charge in [0.05, 0.1) is 0 Å². The van der Waals surface area contributed by atoms with Crippen LogP contribution in [0.25, 0.3) is 93.2 Å². The molecule has 3 aromatic heterocycles. The third-order valence-electron chi connectivity index (χ3n) is 15.1. The van der Waals surface area contributed by atoms with Gasteiger partial charge in [0.1, 0.15) is 5.82 Å². The van der Waals surface area contributed by atoms with E-state index in [-0.39, 0.29) is 32.0 Å². The molecule has 5 nitrogen and oxygen atoms in total. The Labute approximate surface area is 485 Å². The molecule has 4 heterocycles. The first-order chi connectivity index (χ1) is 40.8. The van der Waals surface area contributed by atoms with Crippen LogP contribution in [0.1, 0.15) is 91.1 Å². The van der Waals surface area contributed by atoms with Gasteiger partial charge in [0.15, 0.2) is 0 Å². The van der Waals surface area contributed by atoms with Gasteiger partial charge in [-0.3, -0.25) is 0 Å². The van der Waals surface area contributed by atoms with Crippen molar-refractivity contribution in [3.63, 3.8) is 0 Å². The minimum atomic E-state index is -3.49. The number of pyridine rings is 1. The first-order valence-corrected chi connectivity index (χ1v) is 26.1. The van der Waals surface area contributed by atoms with E-state index >= 15 is 0 Å². The summed E-state index contributed by atoms with van der Waals surface area (Å²) in [4.78, 5) is 6.96. The van der Waals surface area contributed by atoms with Gasteiger partial charge < -0.3 is 18.8 Å². The monoisotopic (exact) mass is 1200 g/mol. The Morgan fingerprint density at radius 2 is 1.10 bits per heavy atom. The molecule has 9 aromatic carbocycles. The topological polar surface area (TPSA) is 35.2 Å². The number of hydrogen-bond acceptors (Lipinski definition) is 3. The van der Waals surface area contributed by atoms with Crippen LogP contribution in [0.3, 0.4) is 0 Å². The number of aromatic nitrogens is 3. The number of rotatable bonds is 6. The van der Waals surface area contributed by atoms with E-state index in [9.17, 15) is 0 Å². The van der Waals surface area contributed by atoms with Crippen LogP contribution < -0.4 is 9.64 Å². The summed E-state index contributed by atoms with van der Waals surface area (Å²) in [6, 6.07) is 71.7. The molecule has 388 valence electrons. The van der Waals surface area contributed by atoms with E-state index in [2.05, 4.69) is 144 Å². The van der Waals surface area contributed by atoms with Gasteiger partial charge in [-0.2, -0.15) is 12.1 Å². The molecule has 1 aliphatic heterocycles. The Morgan fingerprint density at radius 3 is 1.86 bits per heavy atom. The van der Waals surface area contributed by atoms with Crippen LogP contribution in [0.15, 0.2) is 200 Å². The van der Waals surface area contributed by atoms with Crippen LogP contribution in [-0.2, 0) is 37.3 Å². The van der Waals surface area contributed by atoms with Crippen molar-refractivity contribution in [3.8, 4) is 39.6 Å². The van der Waals surface area contributed by atoms with Crippen molar-refractivity contribution in [2.24, 2.45) is 0 Å². The molecule has 0 radical (unpaired) electrons. The molecule has 0 atom stereocenters. The molecule has 0 fully saturated rings. The van der Waals surface area contributed by atoms with E-state index in [1.165, 1.54) is 12.1 Å². The van der Waals surface area contributed by atoms with E-state index in [1.54, 1.807) is 0 Å². The third kappa shape index (κ3) is 8.79. The standard InChI is InChI=1S/C72H61N4O.Pt/c1-70(2,3)49-36-37-73-67(42-49)76-64-30-16-15-26-59(64)60-35-33-54(44-66(60)76)77-53-23-17-22-52(43-53)74-45-75-68-55(48-38-50(71(4,5)6)41-51(39-48)72(7,8)9)27-18-28-61(68)57-25-14-13-24-56(57)58-34-32-47(46-20-11-10-12-21-46)40-63(58)62-29-19-31-65(74)69(62)75;/h10-42,45H,1-9H3;/q-3;/i4D3,5D3,6D3;. The average molecular weight is 1200 g/mol. The predicted molar refractivity (Wildman–Crippen MR) is 324 cm³/mol. The van der Waals surface area contributed by atoms with Crippen molar-refractivity contribution in [2.75, 3.05) is 4.90 Å². The maximum atomic E-state index is 8.86. The number of para-hydroxylation sites is 3. The number of fused-ring (bicyclic) bond motifs is 10. The molecular formula is C72H61N4OPt-3. The van der Waals surface area contributed by atoms with Crippen LogP contribution in [0.4, 0.5) is 11.4 Å². The van der Waals surface area contributed by atoms with E-state index in [1.807, 2.05) is 119 Å². The Kier molecular flexibility index (Phi) is 10.1. The molecule has 6 heteroatoms. The van der Waals surface area contributed by atoms with E-state index < -0.39 is 31.4 Å². The summed E-state index contributed by atoms with van der Waals surface area (Å²) < 4.78 is 90.8. The second kappa shape index (κ2) is 19.1. The zero-order chi connectivity index (χ0) is 60.5. The van der Waals surface area contributed by atoms with E-state index in [0.717, 1.165) is 87.8 Å². The Balaban J connectivity index is 0.00000739. The number of benzene rings is 9. The van der Waals surface area contributed by atoms with E-state index in [0.29, 0.717) is 39.4 Å².